The van der Waals surface area contributed by atoms with Gasteiger partial charge in [-0.05, 0) is 80.0 Å². The minimum absolute atomic E-state index is 0.0301. The number of halogens is 2. The molecule has 1 saturated heterocycles. The van der Waals surface area contributed by atoms with Crippen LogP contribution in [0.1, 0.15) is 40.7 Å². The fourth-order valence-corrected chi connectivity index (χ4v) is 6.45. The van der Waals surface area contributed by atoms with Gasteiger partial charge in [-0.2, -0.15) is 8.42 Å². The molecule has 0 aliphatic carbocycles. The highest BCUT2D eigenvalue weighted by molar-refractivity contribution is 7.87. The van der Waals surface area contributed by atoms with Crippen LogP contribution in [0.2, 0.25) is 5.02 Å². The summed E-state index contributed by atoms with van der Waals surface area (Å²) in [7, 11) is -4.31. The summed E-state index contributed by atoms with van der Waals surface area (Å²) in [5.74, 6) is -1.02. The third-order valence-electron chi connectivity index (χ3n) is 7.13. The second kappa shape index (κ2) is 9.72. The zero-order chi connectivity index (χ0) is 26.4. The van der Waals surface area contributed by atoms with Crippen molar-refractivity contribution < 1.29 is 21.8 Å². The number of hydrogen-bond acceptors (Lipinski definition) is 5. The van der Waals surface area contributed by atoms with Crippen molar-refractivity contribution in [3.63, 3.8) is 0 Å². The molecule has 2 aliphatic rings. The van der Waals surface area contributed by atoms with Crippen molar-refractivity contribution >= 4 is 38.5 Å². The van der Waals surface area contributed by atoms with E-state index in [2.05, 4.69) is 33.4 Å². The van der Waals surface area contributed by atoms with Crippen molar-refractivity contribution in [3.8, 4) is 17.0 Å². The van der Waals surface area contributed by atoms with Gasteiger partial charge < -0.3 is 14.5 Å². The summed E-state index contributed by atoms with van der Waals surface area (Å²) in [5.41, 5.74) is 4.39. The monoisotopic (exact) mass is 553 g/mol. The Kier molecular flexibility index (Phi) is 6.37. The molecule has 196 valence electrons. The van der Waals surface area contributed by atoms with E-state index in [-0.39, 0.29) is 28.1 Å². The van der Waals surface area contributed by atoms with E-state index in [1.807, 2.05) is 6.07 Å². The predicted molar refractivity (Wildman–Crippen MR) is 143 cm³/mol. The lowest BCUT2D eigenvalue weighted by Gasteiger charge is -2.26. The molecule has 0 saturated carbocycles. The van der Waals surface area contributed by atoms with Crippen LogP contribution in [0, 0.1) is 5.82 Å². The average Bonchev–Trinajstić information content (AvgIpc) is 3.50. The van der Waals surface area contributed by atoms with Gasteiger partial charge in [0, 0.05) is 40.8 Å². The zero-order valence-corrected chi connectivity index (χ0v) is 22.0. The van der Waals surface area contributed by atoms with Crippen LogP contribution in [0.4, 0.5) is 4.39 Å². The van der Waals surface area contributed by atoms with Crippen LogP contribution in [0.3, 0.4) is 0 Å². The number of amides is 1. The molecule has 7 nitrogen and oxygen atoms in total. The van der Waals surface area contributed by atoms with Gasteiger partial charge in [0.15, 0.2) is 0 Å². The highest BCUT2D eigenvalue weighted by Crippen LogP contribution is 2.37. The maximum absolute atomic E-state index is 13.5. The molecular weight excluding hydrogens is 529 g/mol. The molecular formula is C28H25ClFN3O4S. The fourth-order valence-electron chi connectivity index (χ4n) is 5.22. The van der Waals surface area contributed by atoms with Crippen molar-refractivity contribution in [1.29, 1.82) is 0 Å². The predicted octanol–water partition coefficient (Wildman–Crippen LogP) is 5.62. The van der Waals surface area contributed by atoms with Gasteiger partial charge in [0.1, 0.15) is 16.5 Å². The number of piperidine rings is 1. The third kappa shape index (κ3) is 4.66. The molecule has 1 aromatic heterocycles. The first-order chi connectivity index (χ1) is 18.3. The summed E-state index contributed by atoms with van der Waals surface area (Å²) < 4.78 is 44.7. The van der Waals surface area contributed by atoms with Crippen LogP contribution in [0.5, 0.6) is 5.75 Å². The Hall–Kier alpha value is -3.40. The molecule has 10 heteroatoms. The number of H-pyrrole nitrogens is 1. The molecule has 0 spiro atoms. The number of fused-ring (bicyclic) bond motifs is 2. The van der Waals surface area contributed by atoms with E-state index in [4.69, 9.17) is 15.8 Å². The van der Waals surface area contributed by atoms with Gasteiger partial charge >= 0.3 is 10.1 Å². The lowest BCUT2D eigenvalue weighted by atomic mass is 9.99. The Morgan fingerprint density at radius 2 is 1.82 bits per heavy atom. The number of nitrogens with one attached hydrogen (secondary N) is 2. The molecule has 3 heterocycles. The number of hydrogen-bond donors (Lipinski definition) is 2. The summed E-state index contributed by atoms with van der Waals surface area (Å²) in [4.78, 5) is 18.4. The van der Waals surface area contributed by atoms with E-state index >= 15 is 0 Å². The molecule has 1 amide bonds. The number of benzene rings is 3. The van der Waals surface area contributed by atoms with Crippen molar-refractivity contribution in [2.45, 2.75) is 37.2 Å². The van der Waals surface area contributed by atoms with Gasteiger partial charge in [0.25, 0.3) is 5.91 Å². The van der Waals surface area contributed by atoms with Gasteiger partial charge in [0.2, 0.25) is 0 Å². The molecule has 2 N–H and O–H groups in total. The summed E-state index contributed by atoms with van der Waals surface area (Å²) >= 11 is 5.76. The standard InChI is InChI=1S/C28H25ClFN3O4S/c29-22-14-19(5-7-23(22)30)38(35,36)37-26-9-6-20(27-21(26)15-31-28(27)34)25-13-18-12-17(4-8-24(18)32-25)16-33-10-2-1-3-11-33/h4-9,12-14,32H,1-3,10-11,15-16H2,(H,31,34). The van der Waals surface area contributed by atoms with Crippen molar-refractivity contribution in [3.05, 3.63) is 82.1 Å². The van der Waals surface area contributed by atoms with Crippen LogP contribution < -0.4 is 9.50 Å². The zero-order valence-electron chi connectivity index (χ0n) is 20.4. The number of likely N-dealkylation sites (tertiary alicyclic amines) is 1. The first-order valence-electron chi connectivity index (χ1n) is 12.5. The number of carbonyl (C=O) groups excluding carboxylic acids is 1. The van der Waals surface area contributed by atoms with E-state index in [9.17, 15) is 17.6 Å². The summed E-state index contributed by atoms with van der Waals surface area (Å²) in [5, 5.41) is 3.47. The van der Waals surface area contributed by atoms with Gasteiger partial charge in [-0.3, -0.25) is 9.69 Å². The maximum atomic E-state index is 13.5. The lowest BCUT2D eigenvalue weighted by molar-refractivity contribution is 0.0966. The second-order valence-corrected chi connectivity index (χ2v) is 11.7. The highest BCUT2D eigenvalue weighted by atomic mass is 35.5. The molecule has 1 fully saturated rings. The molecule has 0 radical (unpaired) electrons. The fraction of sp³-hybridized carbons (Fsp3) is 0.250. The molecule has 4 aromatic rings. The summed E-state index contributed by atoms with van der Waals surface area (Å²) in [6, 6.07) is 14.6. The smallest absolute Gasteiger partial charge is 0.339 e. The molecule has 0 bridgehead atoms. The quantitative estimate of drug-likeness (QED) is 0.302. The van der Waals surface area contributed by atoms with E-state index in [1.54, 1.807) is 6.07 Å². The van der Waals surface area contributed by atoms with Gasteiger partial charge in [0.05, 0.1) is 10.6 Å². The van der Waals surface area contributed by atoms with E-state index in [0.29, 0.717) is 16.7 Å². The van der Waals surface area contributed by atoms with Crippen LogP contribution in [0.15, 0.2) is 59.5 Å². The van der Waals surface area contributed by atoms with Crippen LogP contribution in [-0.2, 0) is 23.2 Å². The topological polar surface area (TPSA) is 91.5 Å². The lowest BCUT2D eigenvalue weighted by Crippen LogP contribution is -2.28. The van der Waals surface area contributed by atoms with E-state index in [0.717, 1.165) is 54.4 Å². The molecule has 0 unspecified atom stereocenters. The van der Waals surface area contributed by atoms with Crippen molar-refractivity contribution in [2.75, 3.05) is 13.1 Å². The van der Waals surface area contributed by atoms with Gasteiger partial charge in [-0.15, -0.1) is 0 Å². The van der Waals surface area contributed by atoms with Crippen LogP contribution >= 0.6 is 11.6 Å². The molecule has 38 heavy (non-hydrogen) atoms. The number of carbonyl (C=O) groups is 1. The molecule has 2 aliphatic heterocycles. The number of aromatic amines is 1. The SMILES string of the molecule is O=C1NCc2c(OS(=O)(=O)c3ccc(F)c(Cl)c3)ccc(-c3cc4cc(CN5CCCCC5)ccc4[nH]3)c21. The van der Waals surface area contributed by atoms with E-state index < -0.39 is 15.9 Å². The molecule has 6 rings (SSSR count). The van der Waals surface area contributed by atoms with Crippen LogP contribution in [0.25, 0.3) is 22.2 Å². The van der Waals surface area contributed by atoms with Gasteiger partial charge in [-0.25, -0.2) is 4.39 Å². The Morgan fingerprint density at radius 3 is 2.61 bits per heavy atom. The average molecular weight is 554 g/mol. The van der Waals surface area contributed by atoms with Gasteiger partial charge in [-0.1, -0.05) is 24.1 Å². The summed E-state index contributed by atoms with van der Waals surface area (Å²) in [6.07, 6.45) is 3.77. The Labute approximate surface area is 224 Å². The normalized spacial score (nSPS) is 16.0. The largest absolute Gasteiger partial charge is 0.379 e. The Bertz CT molecular complexity index is 1680. The number of rotatable bonds is 6. The van der Waals surface area contributed by atoms with Crippen LogP contribution in [-0.4, -0.2) is 37.3 Å². The van der Waals surface area contributed by atoms with E-state index in [1.165, 1.54) is 30.9 Å². The third-order valence-corrected chi connectivity index (χ3v) is 8.65. The van der Waals surface area contributed by atoms with Crippen molar-refractivity contribution in [2.24, 2.45) is 0 Å². The summed E-state index contributed by atoms with van der Waals surface area (Å²) in [6.45, 7) is 3.28. The molecule has 3 aromatic carbocycles. The number of aromatic nitrogens is 1. The Morgan fingerprint density at radius 1 is 1.00 bits per heavy atom. The minimum Gasteiger partial charge on any atom is -0.379 e. The number of nitrogens with zero attached hydrogens (tertiary/aromatic N) is 1. The molecule has 0 atom stereocenters. The highest BCUT2D eigenvalue weighted by Gasteiger charge is 2.30. The first-order valence-corrected chi connectivity index (χ1v) is 14.2. The Balaban J connectivity index is 1.33. The van der Waals surface area contributed by atoms with Crippen molar-refractivity contribution in [1.82, 2.24) is 15.2 Å². The first kappa shape index (κ1) is 24.9. The maximum Gasteiger partial charge on any atom is 0.339 e. The second-order valence-electron chi connectivity index (χ2n) is 9.70. The minimum atomic E-state index is -4.31.